The lowest BCUT2D eigenvalue weighted by Crippen LogP contribution is -2.41. The smallest absolute Gasteiger partial charge is 0.317 e. The van der Waals surface area contributed by atoms with Crippen molar-refractivity contribution >= 4 is 17.7 Å². The number of rotatable bonds is 3. The summed E-state index contributed by atoms with van der Waals surface area (Å²) < 4.78 is 9.58. The van der Waals surface area contributed by atoms with E-state index in [0.717, 1.165) is 0 Å². The van der Waals surface area contributed by atoms with Crippen molar-refractivity contribution in [2.75, 3.05) is 14.2 Å². The van der Waals surface area contributed by atoms with E-state index in [2.05, 4.69) is 0 Å². The first-order valence-electron chi connectivity index (χ1n) is 7.07. The second kappa shape index (κ2) is 6.64. The quantitative estimate of drug-likeness (QED) is 0.672. The second-order valence-corrected chi connectivity index (χ2v) is 5.41. The maximum Gasteiger partial charge on any atom is 0.317 e. The maximum absolute atomic E-state index is 12.3. The molecule has 0 spiro atoms. The number of phenolic OH excluding ortho intramolecular Hbond substituents is 1. The fourth-order valence-corrected chi connectivity index (χ4v) is 2.99. The van der Waals surface area contributed by atoms with Gasteiger partial charge in [0.25, 0.3) is 0 Å². The molecule has 0 aromatic heterocycles. The third kappa shape index (κ3) is 3.11. The summed E-state index contributed by atoms with van der Waals surface area (Å²) in [5.41, 5.74) is 1.11. The van der Waals surface area contributed by atoms with Gasteiger partial charge in [0.1, 0.15) is 11.7 Å². The molecule has 0 amide bonds. The number of esters is 2. The highest BCUT2D eigenvalue weighted by Crippen LogP contribution is 2.42. The molecule has 3 unspecified atom stereocenters. The number of hydrogen-bond acceptors (Lipinski definition) is 6. The van der Waals surface area contributed by atoms with Gasteiger partial charge in [-0.15, -0.1) is 0 Å². The van der Waals surface area contributed by atoms with E-state index in [0.29, 0.717) is 11.1 Å². The number of ketones is 1. The zero-order chi connectivity index (χ0) is 17.1. The number of carbonyl (C=O) groups excluding carboxylic acids is 3. The maximum atomic E-state index is 12.3. The van der Waals surface area contributed by atoms with Crippen LogP contribution in [0, 0.1) is 11.8 Å². The zero-order valence-electron chi connectivity index (χ0n) is 13.1. The first-order valence-corrected chi connectivity index (χ1v) is 7.07. The van der Waals surface area contributed by atoms with Gasteiger partial charge in [0.15, 0.2) is 5.78 Å². The van der Waals surface area contributed by atoms with Crippen molar-refractivity contribution in [3.63, 3.8) is 0 Å². The van der Waals surface area contributed by atoms with Crippen LogP contribution in [0.15, 0.2) is 35.9 Å². The highest BCUT2D eigenvalue weighted by molar-refractivity contribution is 6.08. The number of allylic oxidation sites excluding steroid dienone is 1. The average molecular weight is 318 g/mol. The summed E-state index contributed by atoms with van der Waals surface area (Å²) in [6, 6.07) is 6.04. The van der Waals surface area contributed by atoms with Gasteiger partial charge in [0.2, 0.25) is 0 Å². The molecule has 1 N–H and O–H groups in total. The van der Waals surface area contributed by atoms with Crippen LogP contribution in [0.2, 0.25) is 0 Å². The number of phenols is 1. The number of aromatic hydroxyl groups is 1. The van der Waals surface area contributed by atoms with E-state index in [1.165, 1.54) is 32.4 Å². The molecule has 0 bridgehead atoms. The van der Waals surface area contributed by atoms with Crippen LogP contribution in [0.4, 0.5) is 0 Å². The van der Waals surface area contributed by atoms with Gasteiger partial charge in [-0.25, -0.2) is 0 Å². The highest BCUT2D eigenvalue weighted by Gasteiger charge is 2.47. The minimum atomic E-state index is -1.13. The first-order chi connectivity index (χ1) is 10.9. The van der Waals surface area contributed by atoms with Crippen LogP contribution >= 0.6 is 0 Å². The molecule has 6 nitrogen and oxygen atoms in total. The van der Waals surface area contributed by atoms with Gasteiger partial charge >= 0.3 is 11.9 Å². The summed E-state index contributed by atoms with van der Waals surface area (Å²) in [5.74, 6) is -4.24. The lowest BCUT2D eigenvalue weighted by Gasteiger charge is -2.34. The molecule has 1 aliphatic carbocycles. The first kappa shape index (κ1) is 16.7. The van der Waals surface area contributed by atoms with Gasteiger partial charge in [-0.05, 0) is 30.7 Å². The molecule has 1 aromatic rings. The molecule has 0 saturated heterocycles. The fourth-order valence-electron chi connectivity index (χ4n) is 2.99. The van der Waals surface area contributed by atoms with Crippen LogP contribution in [0.1, 0.15) is 18.4 Å². The van der Waals surface area contributed by atoms with Crippen LogP contribution in [0.25, 0.3) is 0 Å². The summed E-state index contributed by atoms with van der Waals surface area (Å²) in [4.78, 5) is 36.7. The number of ether oxygens (including phenoxy) is 2. The molecule has 0 aliphatic heterocycles. The van der Waals surface area contributed by atoms with Gasteiger partial charge in [-0.2, -0.15) is 0 Å². The molecule has 0 radical (unpaired) electrons. The van der Waals surface area contributed by atoms with Gasteiger partial charge in [-0.1, -0.05) is 17.7 Å². The minimum absolute atomic E-state index is 0.0485. The summed E-state index contributed by atoms with van der Waals surface area (Å²) in [5, 5.41) is 9.44. The van der Waals surface area contributed by atoms with Crippen molar-refractivity contribution in [1.82, 2.24) is 0 Å². The van der Waals surface area contributed by atoms with Crippen molar-refractivity contribution in [1.29, 1.82) is 0 Å². The lowest BCUT2D eigenvalue weighted by molar-refractivity contribution is -0.152. The second-order valence-electron chi connectivity index (χ2n) is 5.41. The molecule has 0 heterocycles. The molecule has 122 valence electrons. The van der Waals surface area contributed by atoms with E-state index >= 15 is 0 Å². The van der Waals surface area contributed by atoms with Crippen molar-refractivity contribution in [2.24, 2.45) is 11.8 Å². The van der Waals surface area contributed by atoms with E-state index in [-0.39, 0.29) is 5.75 Å². The molecule has 0 saturated carbocycles. The fraction of sp³-hybridized carbons (Fsp3) is 0.353. The van der Waals surface area contributed by atoms with Crippen LogP contribution < -0.4 is 0 Å². The Morgan fingerprint density at radius 2 is 1.52 bits per heavy atom. The van der Waals surface area contributed by atoms with E-state index < -0.39 is 35.5 Å². The van der Waals surface area contributed by atoms with E-state index in [1.54, 1.807) is 19.1 Å². The molecular weight excluding hydrogens is 300 g/mol. The lowest BCUT2D eigenvalue weighted by atomic mass is 9.68. The van der Waals surface area contributed by atoms with Gasteiger partial charge in [-0.3, -0.25) is 14.4 Å². The van der Waals surface area contributed by atoms with E-state index in [9.17, 15) is 19.5 Å². The van der Waals surface area contributed by atoms with Crippen molar-refractivity contribution in [2.45, 2.75) is 12.8 Å². The van der Waals surface area contributed by atoms with Crippen LogP contribution in [-0.2, 0) is 23.9 Å². The summed E-state index contributed by atoms with van der Waals surface area (Å²) >= 11 is 0. The Morgan fingerprint density at radius 1 is 1.00 bits per heavy atom. The highest BCUT2D eigenvalue weighted by atomic mass is 16.5. The van der Waals surface area contributed by atoms with Crippen LogP contribution in [0.3, 0.4) is 0 Å². The minimum Gasteiger partial charge on any atom is -0.508 e. The van der Waals surface area contributed by atoms with Gasteiger partial charge < -0.3 is 14.6 Å². The average Bonchev–Trinajstić information content (AvgIpc) is 2.53. The Labute approximate surface area is 133 Å². The zero-order valence-corrected chi connectivity index (χ0v) is 13.1. The number of carbonyl (C=O) groups is 3. The van der Waals surface area contributed by atoms with Gasteiger partial charge in [0, 0.05) is 5.92 Å². The Morgan fingerprint density at radius 3 is 2.04 bits per heavy atom. The monoisotopic (exact) mass is 318 g/mol. The van der Waals surface area contributed by atoms with Crippen LogP contribution in [-0.4, -0.2) is 37.0 Å². The molecular formula is C17H18O6. The summed E-state index contributed by atoms with van der Waals surface area (Å²) in [6.45, 7) is 1.65. The SMILES string of the molecule is COC(=O)C1C(=O)C=C(C)C(C(=O)OC)C1c1ccc(O)cc1. The molecule has 6 heteroatoms. The number of hydrogen-bond donors (Lipinski definition) is 1. The van der Waals surface area contributed by atoms with Gasteiger partial charge in [0.05, 0.1) is 20.1 Å². The Hall–Kier alpha value is -2.63. The van der Waals surface area contributed by atoms with E-state index in [1.807, 2.05) is 0 Å². The van der Waals surface area contributed by atoms with Crippen LogP contribution in [0.5, 0.6) is 5.75 Å². The Bertz CT molecular complexity index is 658. The third-order valence-corrected chi connectivity index (χ3v) is 4.07. The number of benzene rings is 1. The van der Waals surface area contributed by atoms with E-state index in [4.69, 9.17) is 9.47 Å². The normalized spacial score (nSPS) is 23.9. The topological polar surface area (TPSA) is 89.9 Å². The van der Waals surface area contributed by atoms with Crippen molar-refractivity contribution in [3.8, 4) is 5.75 Å². The molecule has 23 heavy (non-hydrogen) atoms. The van der Waals surface area contributed by atoms with Crippen molar-refractivity contribution in [3.05, 3.63) is 41.5 Å². The standard InChI is InChI=1S/C17H18O6/c1-9-8-12(19)15(17(21)23-3)14(13(9)16(20)22-2)10-4-6-11(18)7-5-10/h4-8,13-15,18H,1-3H3. The Kier molecular flexibility index (Phi) is 4.83. The van der Waals surface area contributed by atoms with Crippen molar-refractivity contribution < 1.29 is 29.0 Å². The Balaban J connectivity index is 2.61. The molecule has 0 fully saturated rings. The third-order valence-electron chi connectivity index (χ3n) is 4.07. The number of methoxy groups -OCH3 is 2. The predicted molar refractivity (Wildman–Crippen MR) is 80.6 cm³/mol. The largest absolute Gasteiger partial charge is 0.508 e. The molecule has 3 atom stereocenters. The molecule has 1 aliphatic rings. The molecule has 2 rings (SSSR count). The predicted octanol–water partition coefficient (Wildman–Crippen LogP) is 1.58. The summed E-state index contributed by atoms with van der Waals surface area (Å²) in [6.07, 6.45) is 1.29. The summed E-state index contributed by atoms with van der Waals surface area (Å²) in [7, 11) is 2.45. The molecule has 1 aromatic carbocycles.